The molecular weight excluding hydrogens is 317 g/mol. The fourth-order valence-corrected chi connectivity index (χ4v) is 2.68. The molecule has 0 amide bonds. The summed E-state index contributed by atoms with van der Waals surface area (Å²) in [5.74, 6) is 0.901. The fourth-order valence-electron chi connectivity index (χ4n) is 2.48. The van der Waals surface area contributed by atoms with Crippen LogP contribution in [0.15, 0.2) is 24.4 Å². The molecule has 23 heavy (non-hydrogen) atoms. The molecule has 3 rings (SSSR count). The number of hydrogen-bond acceptors (Lipinski definition) is 3. The van der Waals surface area contributed by atoms with Gasteiger partial charge in [-0.2, -0.15) is 0 Å². The lowest BCUT2D eigenvalue weighted by Crippen LogP contribution is -2.29. The maximum atomic E-state index is 12.9. The molecular formula is C17H21ClFN3O. The van der Waals surface area contributed by atoms with E-state index in [-0.39, 0.29) is 11.6 Å². The second-order valence-electron chi connectivity index (χ2n) is 5.43. The average Bonchev–Trinajstić information content (AvgIpc) is 2.96. The monoisotopic (exact) mass is 337 g/mol. The minimum atomic E-state index is -0.156. The van der Waals surface area contributed by atoms with Crippen molar-refractivity contribution in [1.29, 1.82) is 0 Å². The Balaban J connectivity index is 0.000000168. The van der Waals surface area contributed by atoms with E-state index in [2.05, 4.69) is 10.3 Å². The van der Waals surface area contributed by atoms with E-state index in [9.17, 15) is 9.18 Å². The molecule has 6 heteroatoms. The number of aryl methyl sites for hydroxylation is 1. The summed E-state index contributed by atoms with van der Waals surface area (Å²) in [6.45, 7) is 6.13. The lowest BCUT2D eigenvalue weighted by Gasteiger charge is -2.16. The molecule has 0 unspecified atom stereocenters. The Kier molecular flexibility index (Phi) is 6.30. The molecule has 1 aliphatic heterocycles. The van der Waals surface area contributed by atoms with Crippen molar-refractivity contribution in [1.82, 2.24) is 14.9 Å². The van der Waals surface area contributed by atoms with Crippen molar-refractivity contribution in [3.63, 3.8) is 0 Å². The van der Waals surface area contributed by atoms with Crippen molar-refractivity contribution in [2.24, 2.45) is 0 Å². The van der Waals surface area contributed by atoms with Crippen LogP contribution in [0.25, 0.3) is 0 Å². The number of fused-ring (bicyclic) bond motifs is 1. The number of hydrogen-bond donors (Lipinski definition) is 1. The van der Waals surface area contributed by atoms with Gasteiger partial charge in [0.15, 0.2) is 5.78 Å². The summed E-state index contributed by atoms with van der Waals surface area (Å²) in [7, 11) is 0. The zero-order valence-corrected chi connectivity index (χ0v) is 14.2. The van der Waals surface area contributed by atoms with Crippen molar-refractivity contribution >= 4 is 17.4 Å². The molecule has 1 aromatic carbocycles. The largest absolute Gasteiger partial charge is 0.323 e. The molecule has 0 spiro atoms. The summed E-state index contributed by atoms with van der Waals surface area (Å²) in [5.41, 5.74) is 1.44. The Hall–Kier alpha value is -1.72. The predicted molar refractivity (Wildman–Crippen MR) is 89.3 cm³/mol. The van der Waals surface area contributed by atoms with E-state index in [0.717, 1.165) is 44.0 Å². The molecule has 1 aliphatic rings. The summed E-state index contributed by atoms with van der Waals surface area (Å²) in [6.07, 6.45) is 3.36. The topological polar surface area (TPSA) is 46.9 Å². The van der Waals surface area contributed by atoms with Gasteiger partial charge in [-0.15, -0.1) is 0 Å². The molecule has 0 radical (unpaired) electrons. The number of ketones is 1. The summed E-state index contributed by atoms with van der Waals surface area (Å²) in [4.78, 5) is 15.3. The van der Waals surface area contributed by atoms with E-state index in [4.69, 9.17) is 11.6 Å². The number of Topliss-reactive ketones (excluding diaryl/α,β-unsaturated/α-hetero) is 1. The van der Waals surface area contributed by atoms with Crippen LogP contribution < -0.4 is 5.32 Å². The third-order valence-electron chi connectivity index (χ3n) is 3.62. The number of benzene rings is 1. The van der Waals surface area contributed by atoms with Gasteiger partial charge >= 0.3 is 0 Å². The fraction of sp³-hybridized carbons (Fsp3) is 0.412. The summed E-state index contributed by atoms with van der Waals surface area (Å²) in [6, 6.07) is 4.66. The SMILES string of the molecule is CC(=O)c1cnc2n1CCNC2.CCCc1cc(Cl)ccc1F. The molecule has 2 heterocycles. The minimum Gasteiger partial charge on any atom is -0.323 e. The van der Waals surface area contributed by atoms with Crippen LogP contribution in [-0.4, -0.2) is 21.9 Å². The van der Waals surface area contributed by atoms with Crippen molar-refractivity contribution < 1.29 is 9.18 Å². The zero-order valence-electron chi connectivity index (χ0n) is 13.4. The van der Waals surface area contributed by atoms with Gasteiger partial charge in [0.05, 0.1) is 12.7 Å². The van der Waals surface area contributed by atoms with Crippen LogP contribution in [-0.2, 0) is 19.5 Å². The molecule has 0 saturated carbocycles. The van der Waals surface area contributed by atoms with E-state index in [1.54, 1.807) is 25.3 Å². The first-order valence-electron chi connectivity index (χ1n) is 7.73. The Morgan fingerprint density at radius 2 is 2.26 bits per heavy atom. The number of halogens is 2. The Morgan fingerprint density at radius 3 is 2.96 bits per heavy atom. The Morgan fingerprint density at radius 1 is 1.48 bits per heavy atom. The van der Waals surface area contributed by atoms with Crippen molar-refractivity contribution in [3.05, 3.63) is 52.3 Å². The van der Waals surface area contributed by atoms with Crippen LogP contribution >= 0.6 is 11.6 Å². The van der Waals surface area contributed by atoms with Crippen molar-refractivity contribution in [2.45, 2.75) is 39.8 Å². The van der Waals surface area contributed by atoms with E-state index in [0.29, 0.717) is 10.6 Å². The van der Waals surface area contributed by atoms with Gasteiger partial charge in [0.25, 0.3) is 0 Å². The van der Waals surface area contributed by atoms with Gasteiger partial charge in [0.1, 0.15) is 17.3 Å². The van der Waals surface area contributed by atoms with Gasteiger partial charge in [-0.3, -0.25) is 4.79 Å². The summed E-state index contributed by atoms with van der Waals surface area (Å²) < 4.78 is 14.9. The molecule has 0 aliphatic carbocycles. The van der Waals surface area contributed by atoms with Crippen LogP contribution in [0.2, 0.25) is 5.02 Å². The number of imidazole rings is 1. The van der Waals surface area contributed by atoms with Crippen molar-refractivity contribution in [3.8, 4) is 0 Å². The lowest BCUT2D eigenvalue weighted by molar-refractivity contribution is 0.100. The molecule has 0 saturated heterocycles. The highest BCUT2D eigenvalue weighted by Crippen LogP contribution is 2.15. The van der Waals surface area contributed by atoms with Gasteiger partial charge in [-0.25, -0.2) is 9.37 Å². The highest BCUT2D eigenvalue weighted by molar-refractivity contribution is 6.30. The van der Waals surface area contributed by atoms with E-state index < -0.39 is 0 Å². The Bertz CT molecular complexity index is 684. The maximum Gasteiger partial charge on any atom is 0.177 e. The first kappa shape index (κ1) is 17.6. The number of carbonyl (C=O) groups excluding carboxylic acids is 1. The number of rotatable bonds is 3. The normalized spacial score (nSPS) is 13.0. The molecule has 0 bridgehead atoms. The summed E-state index contributed by atoms with van der Waals surface area (Å²) in [5, 5.41) is 3.80. The Labute approximate surface area is 140 Å². The predicted octanol–water partition coefficient (Wildman–Crippen LogP) is 3.62. The average molecular weight is 338 g/mol. The highest BCUT2D eigenvalue weighted by Gasteiger charge is 2.15. The molecule has 124 valence electrons. The molecule has 0 atom stereocenters. The third-order valence-corrected chi connectivity index (χ3v) is 3.86. The van der Waals surface area contributed by atoms with Gasteiger partial charge in [0, 0.05) is 25.0 Å². The second kappa shape index (κ2) is 8.22. The molecule has 4 nitrogen and oxygen atoms in total. The van der Waals surface area contributed by atoms with E-state index in [1.807, 2.05) is 11.5 Å². The number of carbonyl (C=O) groups is 1. The first-order chi connectivity index (χ1) is 11.0. The van der Waals surface area contributed by atoms with E-state index in [1.165, 1.54) is 6.07 Å². The lowest BCUT2D eigenvalue weighted by atomic mass is 10.1. The maximum absolute atomic E-state index is 12.9. The molecule has 1 aromatic heterocycles. The number of nitrogens with one attached hydrogen (secondary N) is 1. The van der Waals surface area contributed by atoms with Crippen LogP contribution in [0, 0.1) is 5.82 Å². The smallest absolute Gasteiger partial charge is 0.177 e. The highest BCUT2D eigenvalue weighted by atomic mass is 35.5. The third kappa shape index (κ3) is 4.62. The van der Waals surface area contributed by atoms with E-state index >= 15 is 0 Å². The zero-order chi connectivity index (χ0) is 16.8. The van der Waals surface area contributed by atoms with Crippen LogP contribution in [0.1, 0.15) is 42.1 Å². The molecule has 2 aromatic rings. The van der Waals surface area contributed by atoms with Gasteiger partial charge in [0.2, 0.25) is 0 Å². The standard InChI is InChI=1S/C9H10ClF.C8H11N3O/c1-2-3-7-6-8(10)4-5-9(7)11;1-6(12)7-4-10-8-5-9-2-3-11(7)8/h4-6H,2-3H2,1H3;4,9H,2-3,5H2,1H3. The number of aromatic nitrogens is 2. The van der Waals surface area contributed by atoms with Gasteiger partial charge < -0.3 is 9.88 Å². The summed E-state index contributed by atoms with van der Waals surface area (Å²) >= 11 is 5.69. The first-order valence-corrected chi connectivity index (χ1v) is 8.10. The molecule has 0 fully saturated rings. The van der Waals surface area contributed by atoms with Gasteiger partial charge in [-0.05, 0) is 30.2 Å². The number of nitrogens with zero attached hydrogens (tertiary/aromatic N) is 2. The quantitative estimate of drug-likeness (QED) is 0.870. The van der Waals surface area contributed by atoms with Crippen LogP contribution in [0.4, 0.5) is 4.39 Å². The van der Waals surface area contributed by atoms with Gasteiger partial charge in [-0.1, -0.05) is 24.9 Å². The minimum absolute atomic E-state index is 0.0932. The molecule has 1 N–H and O–H groups in total. The van der Waals surface area contributed by atoms with Crippen LogP contribution in [0.5, 0.6) is 0 Å². The van der Waals surface area contributed by atoms with Crippen LogP contribution in [0.3, 0.4) is 0 Å². The second-order valence-corrected chi connectivity index (χ2v) is 5.87. The van der Waals surface area contributed by atoms with Crippen molar-refractivity contribution in [2.75, 3.05) is 6.54 Å².